The molecule has 0 bridgehead atoms. The Morgan fingerprint density at radius 1 is 1.00 bits per heavy atom. The van der Waals surface area contributed by atoms with E-state index >= 15 is 0 Å². The zero-order chi connectivity index (χ0) is 20.7. The van der Waals surface area contributed by atoms with Crippen molar-refractivity contribution in [3.63, 3.8) is 0 Å². The number of furan rings is 1. The van der Waals surface area contributed by atoms with E-state index in [1.807, 2.05) is 0 Å². The summed E-state index contributed by atoms with van der Waals surface area (Å²) in [4.78, 5) is 31.0. The standard InChI is InChI=1S/C23H16N2O5/c1-28-15-10-8-14(9-11-15)21-24-22-19(20(26)17-6-2-3-7-18(17)30-22)23(27)25(21)13-16-5-4-12-29-16/h2-12H,13H2,1H3. The lowest BCUT2D eigenvalue weighted by Crippen LogP contribution is -2.28. The Labute approximate surface area is 169 Å². The van der Waals surface area contributed by atoms with Crippen molar-refractivity contribution in [2.75, 3.05) is 7.11 Å². The highest BCUT2D eigenvalue weighted by Gasteiger charge is 2.19. The van der Waals surface area contributed by atoms with Gasteiger partial charge in [-0.25, -0.2) is 0 Å². The van der Waals surface area contributed by atoms with Gasteiger partial charge in [-0.3, -0.25) is 14.2 Å². The largest absolute Gasteiger partial charge is 0.497 e. The van der Waals surface area contributed by atoms with Gasteiger partial charge in [0, 0.05) is 5.56 Å². The Morgan fingerprint density at radius 3 is 2.53 bits per heavy atom. The van der Waals surface area contributed by atoms with E-state index in [4.69, 9.17) is 13.6 Å². The molecule has 0 aliphatic heterocycles. The summed E-state index contributed by atoms with van der Waals surface area (Å²) in [6, 6.07) is 17.5. The number of hydrogen-bond donors (Lipinski definition) is 0. The molecular weight excluding hydrogens is 384 g/mol. The Balaban J connectivity index is 1.85. The van der Waals surface area contributed by atoms with Crippen molar-refractivity contribution in [1.82, 2.24) is 9.55 Å². The summed E-state index contributed by atoms with van der Waals surface area (Å²) in [6.07, 6.45) is 1.53. The molecule has 3 heterocycles. The van der Waals surface area contributed by atoms with Crippen LogP contribution in [0.25, 0.3) is 33.5 Å². The molecule has 0 N–H and O–H groups in total. The minimum absolute atomic E-state index is 0.00483. The van der Waals surface area contributed by atoms with E-state index in [1.54, 1.807) is 67.8 Å². The Morgan fingerprint density at radius 2 is 1.80 bits per heavy atom. The molecule has 7 heteroatoms. The molecule has 7 nitrogen and oxygen atoms in total. The molecule has 148 valence electrons. The van der Waals surface area contributed by atoms with E-state index in [9.17, 15) is 9.59 Å². The van der Waals surface area contributed by atoms with Crippen LogP contribution in [0.2, 0.25) is 0 Å². The summed E-state index contributed by atoms with van der Waals surface area (Å²) in [5, 5.41) is 0.253. The van der Waals surface area contributed by atoms with Gasteiger partial charge in [0.1, 0.15) is 22.9 Å². The molecule has 2 aromatic carbocycles. The van der Waals surface area contributed by atoms with E-state index < -0.39 is 11.0 Å². The van der Waals surface area contributed by atoms with Gasteiger partial charge in [-0.15, -0.1) is 0 Å². The number of rotatable bonds is 4. The maximum absolute atomic E-state index is 13.4. The molecule has 30 heavy (non-hydrogen) atoms. The monoisotopic (exact) mass is 400 g/mol. The van der Waals surface area contributed by atoms with Crippen LogP contribution in [0.4, 0.5) is 0 Å². The molecule has 0 radical (unpaired) electrons. The minimum Gasteiger partial charge on any atom is -0.497 e. The Bertz CT molecular complexity index is 1480. The molecule has 0 spiro atoms. The average molecular weight is 400 g/mol. The number of benzene rings is 2. The number of hydrogen-bond acceptors (Lipinski definition) is 6. The molecule has 5 rings (SSSR count). The predicted octanol–water partition coefficient (Wildman–Crippen LogP) is 3.82. The Hall–Kier alpha value is -4.13. The van der Waals surface area contributed by atoms with Crippen molar-refractivity contribution < 1.29 is 13.6 Å². The van der Waals surface area contributed by atoms with Gasteiger partial charge in [0.15, 0.2) is 5.39 Å². The maximum Gasteiger partial charge on any atom is 0.269 e. The second kappa shape index (κ2) is 7.04. The number of ether oxygens (including phenoxy) is 1. The van der Waals surface area contributed by atoms with E-state index in [2.05, 4.69) is 4.98 Å². The van der Waals surface area contributed by atoms with Crippen LogP contribution >= 0.6 is 0 Å². The van der Waals surface area contributed by atoms with Crippen molar-refractivity contribution in [2.24, 2.45) is 0 Å². The van der Waals surface area contributed by atoms with Crippen LogP contribution in [-0.2, 0) is 6.54 Å². The summed E-state index contributed by atoms with van der Waals surface area (Å²) >= 11 is 0. The highest BCUT2D eigenvalue weighted by molar-refractivity contribution is 5.88. The number of para-hydroxylation sites is 1. The molecule has 0 aliphatic carbocycles. The normalized spacial score (nSPS) is 11.2. The zero-order valence-corrected chi connectivity index (χ0v) is 16.0. The van der Waals surface area contributed by atoms with Crippen LogP contribution in [0, 0.1) is 0 Å². The molecule has 0 fully saturated rings. The van der Waals surface area contributed by atoms with Gasteiger partial charge in [0.05, 0.1) is 25.3 Å². The van der Waals surface area contributed by atoms with Gasteiger partial charge >= 0.3 is 0 Å². The lowest BCUT2D eigenvalue weighted by Gasteiger charge is -2.13. The smallest absolute Gasteiger partial charge is 0.269 e. The van der Waals surface area contributed by atoms with E-state index in [1.165, 1.54) is 10.8 Å². The number of nitrogens with zero attached hydrogens (tertiary/aromatic N) is 2. The van der Waals surface area contributed by atoms with E-state index in [-0.39, 0.29) is 17.6 Å². The zero-order valence-electron chi connectivity index (χ0n) is 16.0. The maximum atomic E-state index is 13.4. The van der Waals surface area contributed by atoms with Gasteiger partial charge in [-0.05, 0) is 48.5 Å². The van der Waals surface area contributed by atoms with Crippen LogP contribution in [0.5, 0.6) is 5.75 Å². The fourth-order valence-electron chi connectivity index (χ4n) is 3.45. The second-order valence-corrected chi connectivity index (χ2v) is 6.74. The first-order chi connectivity index (χ1) is 14.7. The van der Waals surface area contributed by atoms with Crippen molar-refractivity contribution in [3.8, 4) is 17.1 Å². The molecule has 0 amide bonds. The van der Waals surface area contributed by atoms with Gasteiger partial charge in [0.2, 0.25) is 11.1 Å². The van der Waals surface area contributed by atoms with E-state index in [0.29, 0.717) is 33.9 Å². The topological polar surface area (TPSA) is 87.5 Å². The van der Waals surface area contributed by atoms with Crippen LogP contribution in [0.3, 0.4) is 0 Å². The molecule has 5 aromatic rings. The fourth-order valence-corrected chi connectivity index (χ4v) is 3.45. The summed E-state index contributed by atoms with van der Waals surface area (Å²) in [7, 11) is 1.58. The Kier molecular flexibility index (Phi) is 4.21. The van der Waals surface area contributed by atoms with Gasteiger partial charge in [-0.1, -0.05) is 12.1 Å². The third-order valence-corrected chi connectivity index (χ3v) is 4.94. The minimum atomic E-state index is -0.485. The second-order valence-electron chi connectivity index (χ2n) is 6.74. The third kappa shape index (κ3) is 2.88. The van der Waals surface area contributed by atoms with Gasteiger partial charge < -0.3 is 13.6 Å². The van der Waals surface area contributed by atoms with Crippen molar-refractivity contribution >= 4 is 22.1 Å². The lowest BCUT2D eigenvalue weighted by molar-refractivity contribution is 0.415. The highest BCUT2D eigenvalue weighted by atomic mass is 16.5. The molecule has 0 saturated carbocycles. The number of aromatic nitrogens is 2. The number of fused-ring (bicyclic) bond motifs is 2. The summed E-state index contributed by atoms with van der Waals surface area (Å²) in [5.74, 6) is 1.61. The molecule has 0 atom stereocenters. The van der Waals surface area contributed by atoms with Crippen LogP contribution in [0.15, 0.2) is 85.4 Å². The predicted molar refractivity (Wildman–Crippen MR) is 112 cm³/mol. The summed E-state index contributed by atoms with van der Waals surface area (Å²) in [5.41, 5.74) is 0.175. The fraction of sp³-hybridized carbons (Fsp3) is 0.0870. The summed E-state index contributed by atoms with van der Waals surface area (Å²) in [6.45, 7) is 0.127. The van der Waals surface area contributed by atoms with Crippen LogP contribution in [0.1, 0.15) is 5.76 Å². The van der Waals surface area contributed by atoms with Gasteiger partial charge in [-0.2, -0.15) is 4.98 Å². The quantitative estimate of drug-likeness (QED) is 0.426. The summed E-state index contributed by atoms with van der Waals surface area (Å²) < 4.78 is 17.9. The molecule has 0 unspecified atom stereocenters. The first-order valence-corrected chi connectivity index (χ1v) is 9.29. The molecular formula is C23H16N2O5. The first kappa shape index (κ1) is 17.9. The SMILES string of the molecule is COc1ccc(-c2nc3oc4ccccc4c(=O)c3c(=O)n2Cc2ccco2)cc1. The van der Waals surface area contributed by atoms with E-state index in [0.717, 1.165) is 0 Å². The number of methoxy groups -OCH3 is 1. The third-order valence-electron chi connectivity index (χ3n) is 4.94. The van der Waals surface area contributed by atoms with Crippen LogP contribution < -0.4 is 15.7 Å². The van der Waals surface area contributed by atoms with Crippen molar-refractivity contribution in [3.05, 3.63) is 93.3 Å². The molecule has 3 aromatic heterocycles. The average Bonchev–Trinajstić information content (AvgIpc) is 3.29. The van der Waals surface area contributed by atoms with Crippen LogP contribution in [-0.4, -0.2) is 16.7 Å². The van der Waals surface area contributed by atoms with Gasteiger partial charge in [0.25, 0.3) is 5.56 Å². The van der Waals surface area contributed by atoms with Crippen molar-refractivity contribution in [1.29, 1.82) is 0 Å². The molecule has 0 saturated heterocycles. The van der Waals surface area contributed by atoms with Crippen molar-refractivity contribution in [2.45, 2.75) is 6.54 Å². The first-order valence-electron chi connectivity index (χ1n) is 9.29. The molecule has 0 aliphatic rings. The lowest BCUT2D eigenvalue weighted by atomic mass is 10.1. The highest BCUT2D eigenvalue weighted by Crippen LogP contribution is 2.23.